The van der Waals surface area contributed by atoms with E-state index in [-0.39, 0.29) is 5.97 Å². The maximum atomic E-state index is 12.5. The van der Waals surface area contributed by atoms with Crippen LogP contribution >= 0.6 is 0 Å². The summed E-state index contributed by atoms with van der Waals surface area (Å²) in [6.45, 7) is 12.0. The molecule has 1 aromatic carbocycles. The molecule has 0 bridgehead atoms. The summed E-state index contributed by atoms with van der Waals surface area (Å²) >= 11 is 0. The summed E-state index contributed by atoms with van der Waals surface area (Å²) in [4.78, 5) is 12.5. The molecule has 0 aromatic heterocycles. The smallest absolute Gasteiger partial charge is 0.456 e. The largest absolute Gasteiger partial charge is 0.495 e. The first-order chi connectivity index (χ1) is 11.0. The second-order valence-electron chi connectivity index (χ2n) is 7.94. The first kappa shape index (κ1) is 19.0. The number of hydrogen-bond acceptors (Lipinski definition) is 5. The van der Waals surface area contributed by atoms with Crippen molar-refractivity contribution < 1.29 is 18.8 Å². The van der Waals surface area contributed by atoms with Gasteiger partial charge in [0.05, 0.1) is 16.8 Å². The Hall–Kier alpha value is -1.37. The van der Waals surface area contributed by atoms with Crippen molar-refractivity contribution in [2.24, 2.45) is 5.73 Å². The van der Waals surface area contributed by atoms with Crippen LogP contribution in [0.4, 0.5) is 0 Å². The van der Waals surface area contributed by atoms with Crippen molar-refractivity contribution in [3.05, 3.63) is 29.8 Å². The summed E-state index contributed by atoms with van der Waals surface area (Å²) in [6, 6.07) is 7.25. The quantitative estimate of drug-likeness (QED) is 0.676. The van der Waals surface area contributed by atoms with E-state index >= 15 is 0 Å². The molecule has 0 unspecified atom stereocenters. The zero-order chi connectivity index (χ0) is 18.2. The van der Waals surface area contributed by atoms with Crippen LogP contribution in [0.1, 0.15) is 58.3 Å². The Bertz CT molecular complexity index is 611. The fourth-order valence-electron chi connectivity index (χ4n) is 2.78. The lowest BCUT2D eigenvalue weighted by atomic mass is 9.76. The molecule has 2 rings (SSSR count). The highest BCUT2D eigenvalue weighted by Crippen LogP contribution is 2.39. The summed E-state index contributed by atoms with van der Waals surface area (Å²) in [5, 5.41) is 0. The molecule has 1 aliphatic rings. The third-order valence-corrected chi connectivity index (χ3v) is 4.50. The number of ether oxygens (including phenoxy) is 1. The number of benzene rings is 1. The molecule has 1 fully saturated rings. The van der Waals surface area contributed by atoms with Crippen molar-refractivity contribution in [1.82, 2.24) is 0 Å². The van der Waals surface area contributed by atoms with Gasteiger partial charge in [0, 0.05) is 0 Å². The molecule has 132 valence electrons. The molecule has 1 saturated heterocycles. The van der Waals surface area contributed by atoms with Gasteiger partial charge in [-0.05, 0) is 66.0 Å². The Morgan fingerprint density at radius 1 is 1.21 bits per heavy atom. The summed E-state index contributed by atoms with van der Waals surface area (Å²) < 4.78 is 17.8. The fourth-order valence-corrected chi connectivity index (χ4v) is 2.78. The Morgan fingerprint density at radius 2 is 1.83 bits per heavy atom. The van der Waals surface area contributed by atoms with Gasteiger partial charge < -0.3 is 19.8 Å². The van der Waals surface area contributed by atoms with Crippen molar-refractivity contribution >= 4 is 18.6 Å². The molecule has 1 atom stereocenters. The molecule has 0 saturated carbocycles. The number of hydrogen-bond donors (Lipinski definition) is 1. The van der Waals surface area contributed by atoms with Gasteiger partial charge in [0.1, 0.15) is 5.60 Å². The molecular formula is C18H28BNO4. The van der Waals surface area contributed by atoms with Gasteiger partial charge in [-0.1, -0.05) is 18.2 Å². The van der Waals surface area contributed by atoms with E-state index in [4.69, 9.17) is 19.8 Å². The van der Waals surface area contributed by atoms with E-state index in [1.807, 2.05) is 59.7 Å². The van der Waals surface area contributed by atoms with Gasteiger partial charge in [0.25, 0.3) is 0 Å². The van der Waals surface area contributed by atoms with Crippen LogP contribution in [0.5, 0.6) is 0 Å². The summed E-state index contributed by atoms with van der Waals surface area (Å²) in [7, 11) is -0.625. The van der Waals surface area contributed by atoms with E-state index in [0.717, 1.165) is 0 Å². The highest BCUT2D eigenvalue weighted by Gasteiger charge is 2.54. The van der Waals surface area contributed by atoms with Crippen LogP contribution in [-0.2, 0) is 14.0 Å². The molecule has 1 aromatic rings. The van der Waals surface area contributed by atoms with Crippen molar-refractivity contribution in [2.45, 2.75) is 64.8 Å². The normalized spacial score (nSPS) is 23.4. The third-order valence-electron chi connectivity index (χ3n) is 4.50. The van der Waals surface area contributed by atoms with Crippen molar-refractivity contribution in [1.29, 1.82) is 0 Å². The van der Waals surface area contributed by atoms with Crippen molar-refractivity contribution in [3.63, 3.8) is 0 Å². The molecule has 5 nitrogen and oxygen atoms in total. The van der Waals surface area contributed by atoms with Gasteiger partial charge in [-0.2, -0.15) is 0 Å². The summed E-state index contributed by atoms with van der Waals surface area (Å²) in [5.74, 6) is -0.379. The highest BCUT2D eigenvalue weighted by molar-refractivity contribution is 6.63. The van der Waals surface area contributed by atoms with Gasteiger partial charge in [0.15, 0.2) is 0 Å². The number of rotatable bonds is 4. The molecule has 0 amide bonds. The van der Waals surface area contributed by atoms with Crippen LogP contribution in [0.2, 0.25) is 0 Å². The average molecular weight is 333 g/mol. The molecule has 0 spiro atoms. The van der Waals surface area contributed by atoms with Crippen LogP contribution in [0, 0.1) is 0 Å². The molecule has 1 heterocycles. The first-order valence-corrected chi connectivity index (χ1v) is 8.37. The Balaban J connectivity index is 2.33. The molecule has 2 N–H and O–H groups in total. The Kier molecular flexibility index (Phi) is 5.14. The average Bonchev–Trinajstić information content (AvgIpc) is 2.67. The van der Waals surface area contributed by atoms with Gasteiger partial charge >= 0.3 is 13.1 Å². The van der Waals surface area contributed by atoms with Crippen molar-refractivity contribution in [2.75, 3.05) is 6.54 Å². The zero-order valence-electron chi connectivity index (χ0n) is 15.5. The zero-order valence-corrected chi connectivity index (χ0v) is 15.5. The van der Waals surface area contributed by atoms with E-state index in [1.54, 1.807) is 6.07 Å². The predicted octanol–water partition coefficient (Wildman–Crippen LogP) is 2.27. The second kappa shape index (κ2) is 6.50. The maximum Gasteiger partial charge on any atom is 0.495 e. The lowest BCUT2D eigenvalue weighted by molar-refractivity contribution is -0.0136. The molecule has 0 aliphatic carbocycles. The summed E-state index contributed by atoms with van der Waals surface area (Å²) in [5.41, 5.74) is 5.28. The highest BCUT2D eigenvalue weighted by atomic mass is 16.7. The predicted molar refractivity (Wildman–Crippen MR) is 95.3 cm³/mol. The molecule has 0 radical (unpaired) electrons. The standard InChI is InChI=1S/C18H28BNO4/c1-16(2,3)22-15(21)13-9-7-8-10-14(13)19-23-17(4,5)18(6,24-19)11-12-20/h7-10H,11-12,20H2,1-6H3/t18-/m1/s1. The Morgan fingerprint density at radius 3 is 2.42 bits per heavy atom. The topological polar surface area (TPSA) is 70.8 Å². The van der Waals surface area contributed by atoms with E-state index in [2.05, 4.69) is 0 Å². The molecule has 1 aliphatic heterocycles. The van der Waals surface area contributed by atoms with E-state index in [9.17, 15) is 4.79 Å². The van der Waals surface area contributed by atoms with E-state index in [1.165, 1.54) is 0 Å². The monoisotopic (exact) mass is 333 g/mol. The number of carbonyl (C=O) groups excluding carboxylic acids is 1. The van der Waals surface area contributed by atoms with Crippen LogP contribution in [0.15, 0.2) is 24.3 Å². The van der Waals surface area contributed by atoms with Gasteiger partial charge in [0.2, 0.25) is 0 Å². The van der Waals surface area contributed by atoms with E-state index in [0.29, 0.717) is 24.0 Å². The minimum absolute atomic E-state index is 0.379. The molecule has 24 heavy (non-hydrogen) atoms. The first-order valence-electron chi connectivity index (χ1n) is 8.37. The minimum atomic E-state index is -0.625. The number of nitrogens with two attached hydrogens (primary N) is 1. The van der Waals surface area contributed by atoms with Crippen molar-refractivity contribution in [3.8, 4) is 0 Å². The molecular weight excluding hydrogens is 305 g/mol. The summed E-state index contributed by atoms with van der Waals surface area (Å²) in [6.07, 6.45) is 0.672. The van der Waals surface area contributed by atoms with Gasteiger partial charge in [-0.3, -0.25) is 0 Å². The van der Waals surface area contributed by atoms with Crippen LogP contribution in [0.25, 0.3) is 0 Å². The Labute approximate surface area is 145 Å². The second-order valence-corrected chi connectivity index (χ2v) is 7.94. The number of esters is 1. The lowest BCUT2D eigenvalue weighted by Gasteiger charge is -2.36. The van der Waals surface area contributed by atoms with Crippen LogP contribution < -0.4 is 11.2 Å². The lowest BCUT2D eigenvalue weighted by Crippen LogP contribution is -2.46. The maximum absolute atomic E-state index is 12.5. The third kappa shape index (κ3) is 3.82. The van der Waals surface area contributed by atoms with Gasteiger partial charge in [-0.25, -0.2) is 4.79 Å². The van der Waals surface area contributed by atoms with E-state index < -0.39 is 23.9 Å². The SMILES string of the molecule is CC(C)(C)OC(=O)c1ccccc1B1OC(C)(C)[C@@](C)(CCN)O1. The fraction of sp³-hybridized carbons (Fsp3) is 0.611. The molecule has 6 heteroatoms. The van der Waals surface area contributed by atoms with Crippen LogP contribution in [-0.4, -0.2) is 36.4 Å². The minimum Gasteiger partial charge on any atom is -0.456 e. The van der Waals surface area contributed by atoms with Crippen LogP contribution in [0.3, 0.4) is 0 Å². The number of carbonyl (C=O) groups is 1. The van der Waals surface area contributed by atoms with Gasteiger partial charge in [-0.15, -0.1) is 0 Å².